The smallest absolute Gasteiger partial charge is 0.410 e. The Hall–Kier alpha value is -2.86. The van der Waals surface area contributed by atoms with Gasteiger partial charge in [-0.05, 0) is 29.3 Å². The largest absolute Gasteiger partial charge is 0.415 e. The summed E-state index contributed by atoms with van der Waals surface area (Å²) in [6.45, 7) is 3.53. The van der Waals surface area contributed by atoms with Crippen molar-refractivity contribution in [3.8, 4) is 5.75 Å². The lowest BCUT2D eigenvalue weighted by Gasteiger charge is -2.34. The van der Waals surface area contributed by atoms with Crippen LogP contribution in [0.15, 0.2) is 48.5 Å². The van der Waals surface area contributed by atoms with Crippen molar-refractivity contribution in [1.29, 1.82) is 0 Å². The van der Waals surface area contributed by atoms with Crippen LogP contribution in [0.4, 0.5) is 4.79 Å². The Morgan fingerprint density at radius 3 is 2.35 bits per heavy atom. The molecule has 2 amide bonds. The van der Waals surface area contributed by atoms with Gasteiger partial charge in [0.25, 0.3) is 5.91 Å². The molecule has 6 nitrogen and oxygen atoms in total. The molecule has 134 valence electrons. The maximum absolute atomic E-state index is 12.9. The Labute approximate surface area is 152 Å². The van der Waals surface area contributed by atoms with E-state index >= 15 is 0 Å². The van der Waals surface area contributed by atoms with Crippen LogP contribution in [0.1, 0.15) is 21.5 Å². The normalized spacial score (nSPS) is 16.3. The van der Waals surface area contributed by atoms with E-state index in [4.69, 9.17) is 4.74 Å². The Balaban J connectivity index is 1.37. The first kappa shape index (κ1) is 16.6. The third-order valence-electron chi connectivity index (χ3n) is 4.89. The van der Waals surface area contributed by atoms with Gasteiger partial charge >= 0.3 is 6.09 Å². The summed E-state index contributed by atoms with van der Waals surface area (Å²) in [4.78, 5) is 28.6. The molecule has 2 heterocycles. The number of amides is 2. The number of hydrogen-bond acceptors (Lipinski definition) is 4. The summed E-state index contributed by atoms with van der Waals surface area (Å²) >= 11 is 0. The van der Waals surface area contributed by atoms with Gasteiger partial charge < -0.3 is 19.9 Å². The number of nitrogens with zero attached hydrogens (tertiary/aromatic N) is 2. The lowest BCUT2D eigenvalue weighted by atomic mass is 10.0. The van der Waals surface area contributed by atoms with Crippen LogP contribution in [0.25, 0.3) is 0 Å². The second-order valence-corrected chi connectivity index (χ2v) is 6.51. The van der Waals surface area contributed by atoms with Gasteiger partial charge in [0.05, 0.1) is 0 Å². The van der Waals surface area contributed by atoms with Crippen LogP contribution in [0, 0.1) is 0 Å². The molecule has 0 saturated carbocycles. The van der Waals surface area contributed by atoms with Gasteiger partial charge in [-0.1, -0.05) is 30.3 Å². The number of nitrogens with one attached hydrogen (secondary N) is 1. The van der Waals surface area contributed by atoms with Crippen molar-refractivity contribution in [3.05, 3.63) is 65.2 Å². The SMILES string of the molecule is O=C(Oc1ccccc1)N1CCN(C(=O)c2cccc3c2CNC3)CC1. The van der Waals surface area contributed by atoms with Gasteiger partial charge in [0.1, 0.15) is 5.75 Å². The van der Waals surface area contributed by atoms with Crippen molar-refractivity contribution in [2.24, 2.45) is 0 Å². The second kappa shape index (κ2) is 7.17. The molecular formula is C20H21N3O3. The van der Waals surface area contributed by atoms with Crippen LogP contribution in [0.5, 0.6) is 5.75 Å². The summed E-state index contributed by atoms with van der Waals surface area (Å²) in [7, 11) is 0. The van der Waals surface area contributed by atoms with Crippen molar-refractivity contribution in [2.75, 3.05) is 26.2 Å². The van der Waals surface area contributed by atoms with Crippen molar-refractivity contribution in [2.45, 2.75) is 13.1 Å². The van der Waals surface area contributed by atoms with Crippen LogP contribution >= 0.6 is 0 Å². The Kier molecular flexibility index (Phi) is 4.58. The Bertz CT molecular complexity index is 814. The molecule has 2 aromatic rings. The minimum absolute atomic E-state index is 0.0432. The van der Waals surface area contributed by atoms with Gasteiger partial charge in [-0.15, -0.1) is 0 Å². The predicted octanol–water partition coefficient (Wildman–Crippen LogP) is 2.25. The summed E-state index contributed by atoms with van der Waals surface area (Å²) in [5.74, 6) is 0.574. The van der Waals surface area contributed by atoms with Crippen molar-refractivity contribution < 1.29 is 14.3 Å². The molecule has 0 atom stereocenters. The zero-order valence-corrected chi connectivity index (χ0v) is 14.5. The van der Waals surface area contributed by atoms with E-state index in [-0.39, 0.29) is 12.0 Å². The van der Waals surface area contributed by atoms with E-state index in [1.165, 1.54) is 5.56 Å². The van der Waals surface area contributed by atoms with E-state index in [2.05, 4.69) is 11.4 Å². The summed E-state index contributed by atoms with van der Waals surface area (Å²) in [5.41, 5.74) is 3.07. The fourth-order valence-corrected chi connectivity index (χ4v) is 3.45. The minimum Gasteiger partial charge on any atom is -0.410 e. The van der Waals surface area contributed by atoms with E-state index in [1.807, 2.05) is 35.2 Å². The van der Waals surface area contributed by atoms with E-state index in [0.29, 0.717) is 31.9 Å². The van der Waals surface area contributed by atoms with Gasteiger partial charge in [0, 0.05) is 44.8 Å². The number of hydrogen-bond donors (Lipinski definition) is 1. The molecule has 1 fully saturated rings. The maximum atomic E-state index is 12.9. The minimum atomic E-state index is -0.367. The number of rotatable bonds is 2. The van der Waals surface area contributed by atoms with Gasteiger partial charge in [0.15, 0.2) is 0 Å². The van der Waals surface area contributed by atoms with Crippen LogP contribution in [0.2, 0.25) is 0 Å². The van der Waals surface area contributed by atoms with Gasteiger partial charge in [0.2, 0.25) is 0 Å². The zero-order chi connectivity index (χ0) is 17.9. The van der Waals surface area contributed by atoms with Crippen molar-refractivity contribution >= 4 is 12.0 Å². The lowest BCUT2D eigenvalue weighted by molar-refractivity contribution is 0.0632. The molecule has 2 aliphatic heterocycles. The molecule has 0 bridgehead atoms. The summed E-state index contributed by atoms with van der Waals surface area (Å²) in [6, 6.07) is 14.9. The summed E-state index contributed by atoms with van der Waals surface area (Å²) < 4.78 is 5.37. The van der Waals surface area contributed by atoms with Crippen molar-refractivity contribution in [1.82, 2.24) is 15.1 Å². The van der Waals surface area contributed by atoms with E-state index in [9.17, 15) is 9.59 Å². The molecule has 2 aromatic carbocycles. The molecular weight excluding hydrogens is 330 g/mol. The third kappa shape index (κ3) is 3.28. The average Bonchev–Trinajstić information content (AvgIpc) is 3.17. The number of benzene rings is 2. The van der Waals surface area contributed by atoms with Crippen LogP contribution in [-0.4, -0.2) is 48.0 Å². The molecule has 0 aliphatic carbocycles. The second-order valence-electron chi connectivity index (χ2n) is 6.51. The van der Waals surface area contributed by atoms with Crippen LogP contribution in [-0.2, 0) is 13.1 Å². The predicted molar refractivity (Wildman–Crippen MR) is 96.9 cm³/mol. The quantitative estimate of drug-likeness (QED) is 0.901. The number of carbonyl (C=O) groups is 2. The van der Waals surface area contributed by atoms with Crippen molar-refractivity contribution in [3.63, 3.8) is 0 Å². The highest BCUT2D eigenvalue weighted by Gasteiger charge is 2.28. The topological polar surface area (TPSA) is 61.9 Å². The van der Waals surface area contributed by atoms with Crippen LogP contribution in [0.3, 0.4) is 0 Å². The molecule has 6 heteroatoms. The fraction of sp³-hybridized carbons (Fsp3) is 0.300. The highest BCUT2D eigenvalue weighted by molar-refractivity contribution is 5.96. The molecule has 0 radical (unpaired) electrons. The molecule has 26 heavy (non-hydrogen) atoms. The number of ether oxygens (including phenoxy) is 1. The molecule has 0 aromatic heterocycles. The first-order valence-electron chi connectivity index (χ1n) is 8.85. The van der Waals surface area contributed by atoms with E-state index in [0.717, 1.165) is 24.2 Å². The summed E-state index contributed by atoms with van der Waals surface area (Å²) in [6.07, 6.45) is -0.367. The van der Waals surface area contributed by atoms with Gasteiger partial charge in [-0.3, -0.25) is 4.79 Å². The Morgan fingerprint density at radius 2 is 1.58 bits per heavy atom. The maximum Gasteiger partial charge on any atom is 0.415 e. The highest BCUT2D eigenvalue weighted by atomic mass is 16.6. The number of piperazine rings is 1. The third-order valence-corrected chi connectivity index (χ3v) is 4.89. The Morgan fingerprint density at radius 1 is 0.846 bits per heavy atom. The fourth-order valence-electron chi connectivity index (χ4n) is 3.45. The molecule has 4 rings (SSSR count). The molecule has 2 aliphatic rings. The first-order valence-corrected chi connectivity index (χ1v) is 8.85. The molecule has 0 unspecified atom stereocenters. The zero-order valence-electron chi connectivity index (χ0n) is 14.5. The highest BCUT2D eigenvalue weighted by Crippen LogP contribution is 2.22. The number of fused-ring (bicyclic) bond motifs is 1. The average molecular weight is 351 g/mol. The van der Waals surface area contributed by atoms with E-state index < -0.39 is 0 Å². The lowest BCUT2D eigenvalue weighted by Crippen LogP contribution is -2.51. The number of carbonyl (C=O) groups excluding carboxylic acids is 2. The monoisotopic (exact) mass is 351 g/mol. The van der Waals surface area contributed by atoms with Gasteiger partial charge in [-0.25, -0.2) is 4.79 Å². The summed E-state index contributed by atoms with van der Waals surface area (Å²) in [5, 5.41) is 3.29. The molecule has 0 spiro atoms. The standard InChI is InChI=1S/C20H21N3O3/c24-19(17-8-4-5-15-13-21-14-18(15)17)22-9-11-23(12-10-22)20(25)26-16-6-2-1-3-7-16/h1-8,21H,9-14H2. The molecule has 1 saturated heterocycles. The van der Waals surface area contributed by atoms with E-state index in [1.54, 1.807) is 17.0 Å². The number of para-hydroxylation sites is 1. The first-order chi connectivity index (χ1) is 12.7. The van der Waals surface area contributed by atoms with Gasteiger partial charge in [-0.2, -0.15) is 0 Å². The van der Waals surface area contributed by atoms with Crippen LogP contribution < -0.4 is 10.1 Å². The molecule has 1 N–H and O–H groups in total.